The number of benzene rings is 2. The van der Waals surface area contributed by atoms with E-state index in [0.717, 1.165) is 16.9 Å². The van der Waals surface area contributed by atoms with Crippen molar-refractivity contribution < 1.29 is 4.79 Å². The highest BCUT2D eigenvalue weighted by molar-refractivity contribution is 6.30. The van der Waals surface area contributed by atoms with Gasteiger partial charge in [-0.15, -0.1) is 0 Å². The second-order valence-corrected chi connectivity index (χ2v) is 6.10. The molecular weight excluding hydrogens is 348 g/mol. The van der Waals surface area contributed by atoms with Gasteiger partial charge in [0.25, 0.3) is 5.91 Å². The fourth-order valence-corrected chi connectivity index (χ4v) is 2.64. The Morgan fingerprint density at radius 1 is 1.12 bits per heavy atom. The van der Waals surface area contributed by atoms with Crippen LogP contribution in [0.25, 0.3) is 0 Å². The summed E-state index contributed by atoms with van der Waals surface area (Å²) in [5.74, 6) is -0.350. The molecule has 0 unspecified atom stereocenters. The van der Waals surface area contributed by atoms with Crippen LogP contribution in [-0.2, 0) is 0 Å². The Kier molecular flexibility index (Phi) is 5.16. The zero-order valence-electron chi connectivity index (χ0n) is 14.0. The maximum atomic E-state index is 12.4. The lowest BCUT2D eigenvalue weighted by Crippen LogP contribution is -2.14. The molecule has 128 valence electrons. The molecule has 0 bridgehead atoms. The van der Waals surface area contributed by atoms with E-state index in [4.69, 9.17) is 16.9 Å². The number of anilines is 3. The number of pyridine rings is 1. The van der Waals surface area contributed by atoms with Crippen molar-refractivity contribution in [3.63, 3.8) is 0 Å². The Morgan fingerprint density at radius 2 is 1.96 bits per heavy atom. The zero-order chi connectivity index (χ0) is 18.5. The number of halogens is 1. The van der Waals surface area contributed by atoms with Gasteiger partial charge in [0.15, 0.2) is 0 Å². The second-order valence-electron chi connectivity index (χ2n) is 5.66. The van der Waals surface area contributed by atoms with E-state index in [9.17, 15) is 4.79 Å². The van der Waals surface area contributed by atoms with Gasteiger partial charge in [0.2, 0.25) is 0 Å². The zero-order valence-corrected chi connectivity index (χ0v) is 14.7. The van der Waals surface area contributed by atoms with Crippen molar-refractivity contribution in [1.82, 2.24) is 4.98 Å². The SMILES string of the molecule is Cc1cc(Cl)ccc1Nc1ccnc(C(=O)Nc2cccc(C#N)c2)c1. The van der Waals surface area contributed by atoms with Gasteiger partial charge >= 0.3 is 0 Å². The third-order valence-electron chi connectivity index (χ3n) is 3.71. The molecule has 2 aromatic carbocycles. The van der Waals surface area contributed by atoms with Crippen LogP contribution in [0.1, 0.15) is 21.6 Å². The van der Waals surface area contributed by atoms with Gasteiger partial charge in [-0.3, -0.25) is 9.78 Å². The van der Waals surface area contributed by atoms with Crippen LogP contribution in [-0.4, -0.2) is 10.9 Å². The predicted molar refractivity (Wildman–Crippen MR) is 103 cm³/mol. The molecule has 0 radical (unpaired) electrons. The van der Waals surface area contributed by atoms with Crippen molar-refractivity contribution in [2.75, 3.05) is 10.6 Å². The van der Waals surface area contributed by atoms with E-state index in [2.05, 4.69) is 15.6 Å². The summed E-state index contributed by atoms with van der Waals surface area (Å²) in [6, 6.07) is 17.7. The Hall–Kier alpha value is -3.36. The lowest BCUT2D eigenvalue weighted by Gasteiger charge is -2.11. The summed E-state index contributed by atoms with van der Waals surface area (Å²) < 4.78 is 0. The van der Waals surface area contributed by atoms with Crippen LogP contribution >= 0.6 is 11.6 Å². The molecule has 3 rings (SSSR count). The van der Waals surface area contributed by atoms with Crippen LogP contribution in [0.3, 0.4) is 0 Å². The molecule has 1 aromatic heterocycles. The lowest BCUT2D eigenvalue weighted by molar-refractivity contribution is 0.102. The first-order chi connectivity index (χ1) is 12.5. The topological polar surface area (TPSA) is 77.8 Å². The number of nitrogens with zero attached hydrogens (tertiary/aromatic N) is 2. The van der Waals surface area contributed by atoms with Gasteiger partial charge in [-0.2, -0.15) is 5.26 Å². The number of hydrogen-bond acceptors (Lipinski definition) is 4. The molecule has 26 heavy (non-hydrogen) atoms. The molecule has 0 aliphatic rings. The number of carbonyl (C=O) groups excluding carboxylic acids is 1. The fraction of sp³-hybridized carbons (Fsp3) is 0.0500. The van der Waals surface area contributed by atoms with E-state index in [1.807, 2.05) is 25.1 Å². The van der Waals surface area contributed by atoms with Crippen LogP contribution < -0.4 is 10.6 Å². The first kappa shape index (κ1) is 17.5. The van der Waals surface area contributed by atoms with E-state index >= 15 is 0 Å². The Balaban J connectivity index is 1.78. The van der Waals surface area contributed by atoms with Crippen LogP contribution in [0.2, 0.25) is 5.02 Å². The minimum absolute atomic E-state index is 0.268. The number of nitriles is 1. The van der Waals surface area contributed by atoms with Crippen molar-refractivity contribution in [3.05, 3.63) is 82.6 Å². The third-order valence-corrected chi connectivity index (χ3v) is 3.94. The van der Waals surface area contributed by atoms with Crippen LogP contribution in [0.5, 0.6) is 0 Å². The van der Waals surface area contributed by atoms with Gasteiger partial charge in [0.1, 0.15) is 5.69 Å². The monoisotopic (exact) mass is 362 g/mol. The maximum absolute atomic E-state index is 12.4. The highest BCUT2D eigenvalue weighted by Crippen LogP contribution is 2.23. The van der Waals surface area contributed by atoms with Crippen LogP contribution in [0.4, 0.5) is 17.1 Å². The van der Waals surface area contributed by atoms with Crippen LogP contribution in [0, 0.1) is 18.3 Å². The van der Waals surface area contributed by atoms with Gasteiger partial charge in [-0.1, -0.05) is 17.7 Å². The van der Waals surface area contributed by atoms with Crippen molar-refractivity contribution in [1.29, 1.82) is 5.26 Å². The first-order valence-corrected chi connectivity index (χ1v) is 8.24. The second kappa shape index (κ2) is 7.68. The molecule has 0 aliphatic heterocycles. The number of carbonyl (C=O) groups is 1. The molecule has 0 atom stereocenters. The number of nitrogens with one attached hydrogen (secondary N) is 2. The van der Waals surface area contributed by atoms with Gasteiger partial charge in [0.05, 0.1) is 11.6 Å². The number of hydrogen-bond donors (Lipinski definition) is 2. The molecular formula is C20H15ClN4O. The molecule has 0 saturated heterocycles. The van der Waals surface area contributed by atoms with E-state index in [1.54, 1.807) is 48.7 Å². The Bertz CT molecular complexity index is 1010. The van der Waals surface area contributed by atoms with Gasteiger partial charge in [-0.05, 0) is 61.0 Å². The van der Waals surface area contributed by atoms with Gasteiger partial charge < -0.3 is 10.6 Å². The maximum Gasteiger partial charge on any atom is 0.274 e. The average molecular weight is 363 g/mol. The molecule has 3 aromatic rings. The standard InChI is InChI=1S/C20H15ClN4O/c1-13-9-15(21)5-6-18(13)24-17-7-8-23-19(11-17)20(26)25-16-4-2-3-14(10-16)12-22/h2-11H,1H3,(H,23,24)(H,25,26). The fourth-order valence-electron chi connectivity index (χ4n) is 2.42. The first-order valence-electron chi connectivity index (χ1n) is 7.86. The molecule has 0 fully saturated rings. The summed E-state index contributed by atoms with van der Waals surface area (Å²) in [6.45, 7) is 1.95. The average Bonchev–Trinajstić information content (AvgIpc) is 2.64. The lowest BCUT2D eigenvalue weighted by atomic mass is 10.2. The molecule has 2 N–H and O–H groups in total. The van der Waals surface area contributed by atoms with E-state index < -0.39 is 0 Å². The van der Waals surface area contributed by atoms with Crippen molar-refractivity contribution >= 4 is 34.6 Å². The normalized spacial score (nSPS) is 10.0. The molecule has 1 heterocycles. The van der Waals surface area contributed by atoms with Gasteiger partial charge in [0, 0.05) is 28.3 Å². The highest BCUT2D eigenvalue weighted by Gasteiger charge is 2.09. The molecule has 1 amide bonds. The molecule has 0 spiro atoms. The summed E-state index contributed by atoms with van der Waals surface area (Å²) in [6.07, 6.45) is 1.56. The number of amides is 1. The predicted octanol–water partition coefficient (Wildman–Crippen LogP) is 4.91. The Morgan fingerprint density at radius 3 is 2.73 bits per heavy atom. The largest absolute Gasteiger partial charge is 0.355 e. The molecule has 6 heteroatoms. The minimum Gasteiger partial charge on any atom is -0.355 e. The number of aromatic nitrogens is 1. The number of aryl methyl sites for hydroxylation is 1. The van der Waals surface area contributed by atoms with Crippen molar-refractivity contribution in [3.8, 4) is 6.07 Å². The number of rotatable bonds is 4. The van der Waals surface area contributed by atoms with E-state index in [-0.39, 0.29) is 11.6 Å². The molecule has 0 saturated carbocycles. The highest BCUT2D eigenvalue weighted by atomic mass is 35.5. The minimum atomic E-state index is -0.350. The summed E-state index contributed by atoms with van der Waals surface area (Å²) in [7, 11) is 0. The summed E-state index contributed by atoms with van der Waals surface area (Å²) >= 11 is 5.97. The summed E-state index contributed by atoms with van der Waals surface area (Å²) in [5, 5.41) is 15.6. The van der Waals surface area contributed by atoms with Gasteiger partial charge in [-0.25, -0.2) is 0 Å². The summed E-state index contributed by atoms with van der Waals surface area (Å²) in [5.41, 5.74) is 3.92. The molecule has 0 aliphatic carbocycles. The Labute approximate surface area is 156 Å². The quantitative estimate of drug-likeness (QED) is 0.691. The van der Waals surface area contributed by atoms with Crippen molar-refractivity contribution in [2.45, 2.75) is 6.92 Å². The smallest absolute Gasteiger partial charge is 0.274 e. The molecule has 5 nitrogen and oxygen atoms in total. The van der Waals surface area contributed by atoms with Crippen molar-refractivity contribution in [2.24, 2.45) is 0 Å². The van der Waals surface area contributed by atoms with E-state index in [0.29, 0.717) is 16.3 Å². The van der Waals surface area contributed by atoms with E-state index in [1.165, 1.54) is 0 Å². The van der Waals surface area contributed by atoms with Crippen LogP contribution in [0.15, 0.2) is 60.8 Å². The summed E-state index contributed by atoms with van der Waals surface area (Å²) in [4.78, 5) is 16.5. The third kappa shape index (κ3) is 4.18.